The Kier molecular flexibility index (Phi) is 5.52. The van der Waals surface area contributed by atoms with E-state index in [-0.39, 0.29) is 18.4 Å². The van der Waals surface area contributed by atoms with Crippen LogP contribution in [0, 0.1) is 13.8 Å². The zero-order valence-corrected chi connectivity index (χ0v) is 17.2. The number of hydrogen-bond donors (Lipinski definition) is 2. The fourth-order valence-electron chi connectivity index (χ4n) is 3.97. The van der Waals surface area contributed by atoms with Crippen molar-refractivity contribution >= 4 is 17.5 Å². The highest BCUT2D eigenvalue weighted by molar-refractivity contribution is 5.97. The average Bonchev–Trinajstić information content (AvgIpc) is 3.07. The molecule has 2 heterocycles. The van der Waals surface area contributed by atoms with Crippen LogP contribution in [0.5, 0.6) is 0 Å². The second kappa shape index (κ2) is 8.41. The molecule has 0 saturated heterocycles. The first-order valence-corrected chi connectivity index (χ1v) is 10.1. The molecule has 2 N–H and O–H groups in total. The van der Waals surface area contributed by atoms with Crippen LogP contribution in [-0.4, -0.2) is 34.7 Å². The topological polar surface area (TPSA) is 79.3 Å². The molecule has 0 bridgehead atoms. The first-order valence-electron chi connectivity index (χ1n) is 10.1. The number of anilines is 1. The number of amides is 2. The van der Waals surface area contributed by atoms with Crippen LogP contribution in [0.15, 0.2) is 54.6 Å². The molecule has 7 nitrogen and oxygen atoms in total. The molecule has 0 radical (unpaired) electrons. The number of benzene rings is 2. The monoisotopic (exact) mass is 403 g/mol. The van der Waals surface area contributed by atoms with Gasteiger partial charge in [0, 0.05) is 12.2 Å². The number of para-hydroxylation sites is 2. The van der Waals surface area contributed by atoms with Crippen molar-refractivity contribution in [3.05, 3.63) is 77.1 Å². The second-order valence-corrected chi connectivity index (χ2v) is 7.45. The zero-order chi connectivity index (χ0) is 21.1. The molecule has 2 aromatic carbocycles. The normalized spacial score (nSPS) is 12.9. The van der Waals surface area contributed by atoms with Crippen LogP contribution in [0.3, 0.4) is 0 Å². The summed E-state index contributed by atoms with van der Waals surface area (Å²) in [6.07, 6.45) is 2.03. The lowest BCUT2D eigenvalue weighted by Gasteiger charge is -2.30. The summed E-state index contributed by atoms with van der Waals surface area (Å²) < 4.78 is 1.73. The number of nitrogens with zero attached hydrogens (tertiary/aromatic N) is 3. The Balaban J connectivity index is 1.41. The molecule has 3 aromatic rings. The maximum Gasteiger partial charge on any atom is 0.273 e. The van der Waals surface area contributed by atoms with Crippen LogP contribution in [-0.2, 0) is 11.2 Å². The zero-order valence-electron chi connectivity index (χ0n) is 17.2. The van der Waals surface area contributed by atoms with Gasteiger partial charge in [0.15, 0.2) is 0 Å². The Labute approximate surface area is 175 Å². The summed E-state index contributed by atoms with van der Waals surface area (Å²) in [4.78, 5) is 27.2. The van der Waals surface area contributed by atoms with Crippen molar-refractivity contribution in [2.45, 2.75) is 26.7 Å². The van der Waals surface area contributed by atoms with Gasteiger partial charge in [-0.1, -0.05) is 36.4 Å². The molecular formula is C23H25N5O2. The molecule has 0 saturated carbocycles. The molecule has 0 aliphatic carbocycles. The van der Waals surface area contributed by atoms with E-state index in [1.54, 1.807) is 11.6 Å². The van der Waals surface area contributed by atoms with E-state index >= 15 is 0 Å². The van der Waals surface area contributed by atoms with Crippen molar-refractivity contribution in [2.75, 3.05) is 18.0 Å². The molecule has 4 rings (SSSR count). The van der Waals surface area contributed by atoms with Crippen LogP contribution < -0.4 is 15.8 Å². The van der Waals surface area contributed by atoms with E-state index in [1.807, 2.05) is 60.4 Å². The first kappa shape index (κ1) is 19.7. The minimum Gasteiger partial charge on any atom is -0.362 e. The number of nitrogens with one attached hydrogen (secondary N) is 2. The van der Waals surface area contributed by atoms with E-state index in [9.17, 15) is 9.59 Å². The van der Waals surface area contributed by atoms with E-state index in [0.717, 1.165) is 36.5 Å². The van der Waals surface area contributed by atoms with Crippen molar-refractivity contribution in [3.8, 4) is 5.69 Å². The molecule has 0 spiro atoms. The van der Waals surface area contributed by atoms with Gasteiger partial charge in [-0.3, -0.25) is 20.4 Å². The smallest absolute Gasteiger partial charge is 0.273 e. The summed E-state index contributed by atoms with van der Waals surface area (Å²) in [6, 6.07) is 17.8. The predicted molar refractivity (Wildman–Crippen MR) is 116 cm³/mol. The van der Waals surface area contributed by atoms with Crippen molar-refractivity contribution in [1.82, 2.24) is 20.6 Å². The lowest BCUT2D eigenvalue weighted by atomic mass is 10.0. The number of carbonyl (C=O) groups excluding carboxylic acids is 2. The van der Waals surface area contributed by atoms with E-state index in [0.29, 0.717) is 11.3 Å². The predicted octanol–water partition coefficient (Wildman–Crippen LogP) is 2.70. The number of fused-ring (bicyclic) bond motifs is 1. The van der Waals surface area contributed by atoms with E-state index in [1.165, 1.54) is 5.56 Å². The van der Waals surface area contributed by atoms with Gasteiger partial charge in [-0.15, -0.1) is 0 Å². The third-order valence-corrected chi connectivity index (χ3v) is 5.38. The van der Waals surface area contributed by atoms with Gasteiger partial charge in [0.2, 0.25) is 0 Å². The summed E-state index contributed by atoms with van der Waals surface area (Å²) >= 11 is 0. The second-order valence-electron chi connectivity index (χ2n) is 7.45. The average molecular weight is 403 g/mol. The van der Waals surface area contributed by atoms with Crippen molar-refractivity contribution in [2.24, 2.45) is 0 Å². The summed E-state index contributed by atoms with van der Waals surface area (Å²) in [5.74, 6) is -0.634. The van der Waals surface area contributed by atoms with Crippen molar-refractivity contribution in [3.63, 3.8) is 0 Å². The third kappa shape index (κ3) is 3.91. The molecule has 7 heteroatoms. The number of hydrogen-bond acceptors (Lipinski definition) is 4. The number of hydrazine groups is 1. The fourth-order valence-corrected chi connectivity index (χ4v) is 3.97. The summed E-state index contributed by atoms with van der Waals surface area (Å²) in [6.45, 7) is 4.64. The van der Waals surface area contributed by atoms with E-state index in [4.69, 9.17) is 0 Å². The van der Waals surface area contributed by atoms with Gasteiger partial charge < -0.3 is 4.90 Å². The molecule has 0 unspecified atom stereocenters. The van der Waals surface area contributed by atoms with Crippen molar-refractivity contribution < 1.29 is 9.59 Å². The van der Waals surface area contributed by atoms with Gasteiger partial charge in [0.1, 0.15) is 0 Å². The molecule has 30 heavy (non-hydrogen) atoms. The maximum atomic E-state index is 12.7. The summed E-state index contributed by atoms with van der Waals surface area (Å²) in [7, 11) is 0. The van der Waals surface area contributed by atoms with Crippen LogP contribution in [0.25, 0.3) is 5.69 Å². The molecular weight excluding hydrogens is 378 g/mol. The Hall–Kier alpha value is -3.61. The van der Waals surface area contributed by atoms with Crippen LogP contribution >= 0.6 is 0 Å². The Morgan fingerprint density at radius 2 is 1.73 bits per heavy atom. The van der Waals surface area contributed by atoms with Crippen LogP contribution in [0.4, 0.5) is 5.69 Å². The number of aromatic nitrogens is 2. The quantitative estimate of drug-likeness (QED) is 0.657. The van der Waals surface area contributed by atoms with Gasteiger partial charge in [0.05, 0.1) is 29.2 Å². The minimum absolute atomic E-state index is 0.193. The number of aryl methyl sites for hydroxylation is 2. The highest BCUT2D eigenvalue weighted by Gasteiger charge is 2.21. The number of carbonyl (C=O) groups is 2. The minimum atomic E-state index is -0.375. The Morgan fingerprint density at radius 3 is 2.53 bits per heavy atom. The SMILES string of the molecule is Cc1nn(-c2ccccc2)c(C)c1C(=O)NNC(=O)CN1CCCc2ccccc21. The fraction of sp³-hybridized carbons (Fsp3) is 0.261. The highest BCUT2D eigenvalue weighted by Crippen LogP contribution is 2.26. The molecule has 2 amide bonds. The molecule has 1 aliphatic rings. The molecule has 154 valence electrons. The molecule has 1 aromatic heterocycles. The van der Waals surface area contributed by atoms with E-state index in [2.05, 4.69) is 22.0 Å². The summed E-state index contributed by atoms with van der Waals surface area (Å²) in [5, 5.41) is 4.48. The van der Waals surface area contributed by atoms with Crippen molar-refractivity contribution in [1.29, 1.82) is 0 Å². The van der Waals surface area contributed by atoms with E-state index < -0.39 is 0 Å². The lowest BCUT2D eigenvalue weighted by molar-refractivity contribution is -0.120. The highest BCUT2D eigenvalue weighted by atomic mass is 16.2. The largest absolute Gasteiger partial charge is 0.362 e. The van der Waals surface area contributed by atoms with Gasteiger partial charge in [0.25, 0.3) is 11.8 Å². The lowest BCUT2D eigenvalue weighted by Crippen LogP contribution is -2.47. The first-order chi connectivity index (χ1) is 14.5. The van der Waals surface area contributed by atoms with Crippen LogP contribution in [0.1, 0.15) is 33.7 Å². The molecule has 0 fully saturated rings. The Bertz CT molecular complexity index is 1070. The maximum absolute atomic E-state index is 12.7. The third-order valence-electron chi connectivity index (χ3n) is 5.38. The van der Waals surface area contributed by atoms with Gasteiger partial charge in [-0.25, -0.2) is 4.68 Å². The summed E-state index contributed by atoms with van der Waals surface area (Å²) in [5.41, 5.74) is 10.1. The van der Waals surface area contributed by atoms with Gasteiger partial charge in [-0.2, -0.15) is 5.10 Å². The Morgan fingerprint density at radius 1 is 1.00 bits per heavy atom. The van der Waals surface area contributed by atoms with Gasteiger partial charge >= 0.3 is 0 Å². The van der Waals surface area contributed by atoms with Gasteiger partial charge in [-0.05, 0) is 50.5 Å². The molecule has 0 atom stereocenters. The van der Waals surface area contributed by atoms with Crippen LogP contribution in [0.2, 0.25) is 0 Å². The standard InChI is InChI=1S/C23H25N5O2/c1-16-22(17(2)28(26-16)19-11-4-3-5-12-19)23(30)25-24-21(29)15-27-14-8-10-18-9-6-7-13-20(18)27/h3-7,9,11-13H,8,10,14-15H2,1-2H3,(H,24,29)(H,25,30). The number of rotatable bonds is 4. The molecule has 1 aliphatic heterocycles.